The Hall–Kier alpha value is -2.92. The van der Waals surface area contributed by atoms with E-state index < -0.39 is 5.63 Å². The van der Waals surface area contributed by atoms with Crippen LogP contribution in [0.15, 0.2) is 63.8 Å². The van der Waals surface area contributed by atoms with Gasteiger partial charge in [0.15, 0.2) is 0 Å². The minimum Gasteiger partial charge on any atom is -0.422 e. The molecule has 26 heavy (non-hydrogen) atoms. The van der Waals surface area contributed by atoms with Crippen molar-refractivity contribution in [1.29, 1.82) is 0 Å². The molecule has 1 aromatic heterocycles. The van der Waals surface area contributed by atoms with Gasteiger partial charge in [-0.15, -0.1) is 0 Å². The van der Waals surface area contributed by atoms with Crippen molar-refractivity contribution < 1.29 is 13.9 Å². The minimum atomic E-state index is -0.625. The first-order valence-corrected chi connectivity index (χ1v) is 8.45. The summed E-state index contributed by atoms with van der Waals surface area (Å²) in [6.07, 6.45) is 0. The molecule has 0 fully saturated rings. The van der Waals surface area contributed by atoms with Gasteiger partial charge in [-0.05, 0) is 24.6 Å². The van der Waals surface area contributed by atoms with Crippen molar-refractivity contribution >= 4 is 16.9 Å². The average molecular weight is 351 g/mol. The zero-order valence-electron chi connectivity index (χ0n) is 14.9. The molecule has 5 nitrogen and oxygen atoms in total. The highest BCUT2D eigenvalue weighted by atomic mass is 16.5. The lowest BCUT2D eigenvalue weighted by molar-refractivity contribution is 0.0676. The van der Waals surface area contributed by atoms with Gasteiger partial charge in [0.25, 0.3) is 5.91 Å². The number of para-hydroxylation sites is 1. The Bertz CT molecular complexity index is 960. The van der Waals surface area contributed by atoms with Crippen LogP contribution in [-0.2, 0) is 11.3 Å². The number of methoxy groups -OCH3 is 1. The molecule has 0 saturated carbocycles. The van der Waals surface area contributed by atoms with Gasteiger partial charge >= 0.3 is 5.63 Å². The fourth-order valence-corrected chi connectivity index (χ4v) is 2.75. The number of hydrogen-bond donors (Lipinski definition) is 0. The normalized spacial score (nSPS) is 10.8. The molecule has 0 radical (unpaired) electrons. The summed E-state index contributed by atoms with van der Waals surface area (Å²) in [6, 6.07) is 16.7. The summed E-state index contributed by atoms with van der Waals surface area (Å²) in [5.41, 5.74) is 2.02. The van der Waals surface area contributed by atoms with Crippen LogP contribution in [0.2, 0.25) is 0 Å². The van der Waals surface area contributed by atoms with E-state index in [-0.39, 0.29) is 11.5 Å². The molecule has 0 aliphatic heterocycles. The zero-order valence-corrected chi connectivity index (χ0v) is 14.9. The van der Waals surface area contributed by atoms with E-state index in [0.717, 1.165) is 16.5 Å². The van der Waals surface area contributed by atoms with Crippen LogP contribution < -0.4 is 5.63 Å². The van der Waals surface area contributed by atoms with Crippen LogP contribution in [0.5, 0.6) is 0 Å². The molecule has 3 rings (SSSR count). The molecule has 0 unspecified atom stereocenters. The Morgan fingerprint density at radius 3 is 2.58 bits per heavy atom. The van der Waals surface area contributed by atoms with Gasteiger partial charge in [-0.2, -0.15) is 0 Å². The molecule has 1 amide bonds. The summed E-state index contributed by atoms with van der Waals surface area (Å²) in [6.45, 7) is 3.18. The third-order valence-electron chi connectivity index (χ3n) is 4.22. The van der Waals surface area contributed by atoms with Gasteiger partial charge in [0.2, 0.25) is 0 Å². The number of rotatable bonds is 6. The highest BCUT2D eigenvalue weighted by molar-refractivity contribution is 5.96. The minimum absolute atomic E-state index is 0.0342. The van der Waals surface area contributed by atoms with Crippen LogP contribution in [0.25, 0.3) is 11.0 Å². The van der Waals surface area contributed by atoms with Gasteiger partial charge in [-0.25, -0.2) is 4.79 Å². The molecule has 0 saturated heterocycles. The molecule has 0 aliphatic rings. The van der Waals surface area contributed by atoms with E-state index in [1.807, 2.05) is 43.3 Å². The quantitative estimate of drug-likeness (QED) is 0.639. The Morgan fingerprint density at radius 2 is 1.85 bits per heavy atom. The van der Waals surface area contributed by atoms with Crippen molar-refractivity contribution in [2.45, 2.75) is 13.5 Å². The monoisotopic (exact) mass is 351 g/mol. The highest BCUT2D eigenvalue weighted by Gasteiger charge is 2.20. The van der Waals surface area contributed by atoms with Gasteiger partial charge in [-0.1, -0.05) is 48.0 Å². The third-order valence-corrected chi connectivity index (χ3v) is 4.22. The first kappa shape index (κ1) is 17.9. The third kappa shape index (κ3) is 4.00. The number of hydrogen-bond acceptors (Lipinski definition) is 4. The topological polar surface area (TPSA) is 59.8 Å². The van der Waals surface area contributed by atoms with Crippen LogP contribution >= 0.6 is 0 Å². The van der Waals surface area contributed by atoms with E-state index >= 15 is 0 Å². The second-order valence-corrected chi connectivity index (χ2v) is 6.19. The second kappa shape index (κ2) is 7.97. The molecule has 1 heterocycles. The van der Waals surface area contributed by atoms with Crippen LogP contribution in [0.4, 0.5) is 0 Å². The number of carbonyl (C=O) groups excluding carboxylic acids is 1. The van der Waals surface area contributed by atoms with Crippen molar-refractivity contribution in [2.24, 2.45) is 0 Å². The van der Waals surface area contributed by atoms with Gasteiger partial charge < -0.3 is 14.1 Å². The predicted molar refractivity (Wildman–Crippen MR) is 100 cm³/mol. The number of carbonyl (C=O) groups is 1. The molecule has 3 aromatic rings. The first-order valence-electron chi connectivity index (χ1n) is 8.45. The Kier molecular flexibility index (Phi) is 5.49. The van der Waals surface area contributed by atoms with E-state index in [1.54, 1.807) is 30.2 Å². The average Bonchev–Trinajstić information content (AvgIpc) is 2.65. The molecule has 0 bridgehead atoms. The number of fused-ring (bicyclic) bond motifs is 1. The largest absolute Gasteiger partial charge is 0.422 e. The van der Waals surface area contributed by atoms with Crippen LogP contribution in [-0.4, -0.2) is 31.1 Å². The summed E-state index contributed by atoms with van der Waals surface area (Å²) in [4.78, 5) is 26.9. The molecule has 0 N–H and O–H groups in total. The fraction of sp³-hybridized carbons (Fsp3) is 0.238. The molecular weight excluding hydrogens is 330 g/mol. The highest BCUT2D eigenvalue weighted by Crippen LogP contribution is 2.15. The van der Waals surface area contributed by atoms with E-state index in [2.05, 4.69) is 0 Å². The SMILES string of the molecule is COCCN(Cc1ccc(C)cc1)C(=O)c1cc2ccccc2oc1=O. The molecule has 0 atom stereocenters. The lowest BCUT2D eigenvalue weighted by Crippen LogP contribution is -2.36. The van der Waals surface area contributed by atoms with E-state index in [0.29, 0.717) is 25.3 Å². The first-order chi connectivity index (χ1) is 12.6. The maximum atomic E-state index is 13.0. The van der Waals surface area contributed by atoms with Gasteiger partial charge in [0.1, 0.15) is 11.1 Å². The number of nitrogens with zero attached hydrogens (tertiary/aromatic N) is 1. The second-order valence-electron chi connectivity index (χ2n) is 6.19. The van der Waals surface area contributed by atoms with Crippen molar-refractivity contribution in [2.75, 3.05) is 20.3 Å². The summed E-state index contributed by atoms with van der Waals surface area (Å²) in [5, 5.41) is 0.720. The number of benzene rings is 2. The van der Waals surface area contributed by atoms with E-state index in [9.17, 15) is 9.59 Å². The molecule has 2 aromatic carbocycles. The Morgan fingerprint density at radius 1 is 1.12 bits per heavy atom. The molecule has 0 spiro atoms. The maximum absolute atomic E-state index is 13.0. The van der Waals surface area contributed by atoms with Gasteiger partial charge in [0.05, 0.1) is 6.61 Å². The lowest BCUT2D eigenvalue weighted by atomic mass is 10.1. The number of aryl methyl sites for hydroxylation is 1. The van der Waals surface area contributed by atoms with Crippen LogP contribution in [0.1, 0.15) is 21.5 Å². The van der Waals surface area contributed by atoms with Crippen LogP contribution in [0.3, 0.4) is 0 Å². The molecular formula is C21H21NO4. The van der Waals surface area contributed by atoms with Crippen molar-refractivity contribution in [3.05, 3.63) is 81.7 Å². The number of ether oxygens (including phenoxy) is 1. The van der Waals surface area contributed by atoms with Gasteiger partial charge in [0, 0.05) is 25.6 Å². The summed E-state index contributed by atoms with van der Waals surface area (Å²) in [5.74, 6) is -0.359. The summed E-state index contributed by atoms with van der Waals surface area (Å²) >= 11 is 0. The smallest absolute Gasteiger partial charge is 0.349 e. The van der Waals surface area contributed by atoms with E-state index in [4.69, 9.17) is 9.15 Å². The Balaban J connectivity index is 1.92. The predicted octanol–water partition coefficient (Wildman–Crippen LogP) is 3.39. The van der Waals surface area contributed by atoms with Gasteiger partial charge in [-0.3, -0.25) is 4.79 Å². The van der Waals surface area contributed by atoms with Crippen molar-refractivity contribution in [1.82, 2.24) is 4.90 Å². The Labute approximate surface area is 151 Å². The molecule has 134 valence electrons. The summed E-state index contributed by atoms with van der Waals surface area (Å²) < 4.78 is 10.4. The lowest BCUT2D eigenvalue weighted by Gasteiger charge is -2.22. The van der Waals surface area contributed by atoms with Crippen molar-refractivity contribution in [3.63, 3.8) is 0 Å². The molecule has 0 aliphatic carbocycles. The standard InChI is InChI=1S/C21H21NO4/c1-15-7-9-16(10-8-15)14-22(11-12-25-2)20(23)18-13-17-5-3-4-6-19(17)26-21(18)24/h3-10,13H,11-12,14H2,1-2H3. The zero-order chi connectivity index (χ0) is 18.5. The number of amides is 1. The van der Waals surface area contributed by atoms with Crippen LogP contribution in [0, 0.1) is 6.92 Å². The fourth-order valence-electron chi connectivity index (χ4n) is 2.75. The molecule has 5 heteroatoms. The summed E-state index contributed by atoms with van der Waals surface area (Å²) in [7, 11) is 1.58. The maximum Gasteiger partial charge on any atom is 0.349 e. The van der Waals surface area contributed by atoms with Crippen molar-refractivity contribution in [3.8, 4) is 0 Å². The van der Waals surface area contributed by atoms with E-state index in [1.165, 1.54) is 0 Å².